The average molecular weight is 467 g/mol. The normalized spacial score (nSPS) is 19.0. The Hall–Kier alpha value is -3.53. The summed E-state index contributed by atoms with van der Waals surface area (Å²) < 4.78 is 0. The lowest BCUT2D eigenvalue weighted by Gasteiger charge is -2.37. The number of amides is 2. The van der Waals surface area contributed by atoms with Crippen LogP contribution in [0.25, 0.3) is 0 Å². The maximum absolute atomic E-state index is 12.9. The van der Waals surface area contributed by atoms with Gasteiger partial charge in [-0.1, -0.05) is 18.2 Å². The number of benzene rings is 1. The molecule has 1 aromatic carbocycles. The highest BCUT2D eigenvalue weighted by Gasteiger charge is 2.30. The number of carbonyl (C=O) groups excluding carboxylic acids is 2. The average Bonchev–Trinajstić information content (AvgIpc) is 2.84. The van der Waals surface area contributed by atoms with E-state index in [1.54, 1.807) is 24.3 Å². The maximum atomic E-state index is 12.9. The number of pyridine rings is 1. The van der Waals surface area contributed by atoms with Gasteiger partial charge in [-0.15, -0.1) is 0 Å². The van der Waals surface area contributed by atoms with Crippen LogP contribution in [-0.2, 0) is 9.59 Å². The van der Waals surface area contributed by atoms with E-state index in [0.29, 0.717) is 44.2 Å². The standard InChI is InChI=1S/C24H30N6O4/c1-18-6-4-10-22(25-18)26-24(32)19-7-5-11-27(16-19)17-23(31)29-14-12-28(13-15-29)20-8-2-3-9-21(20)30(33)34/h2-4,6,8-10,19H,5,7,11-17H2,1H3,(H,25,26,32). The summed E-state index contributed by atoms with van der Waals surface area (Å²) in [5.41, 5.74) is 1.52. The highest BCUT2D eigenvalue weighted by Crippen LogP contribution is 2.28. The summed E-state index contributed by atoms with van der Waals surface area (Å²) in [5, 5.41) is 14.2. The van der Waals surface area contributed by atoms with Gasteiger partial charge >= 0.3 is 0 Å². The van der Waals surface area contributed by atoms with Gasteiger partial charge in [-0.25, -0.2) is 4.98 Å². The fraction of sp³-hybridized carbons (Fsp3) is 0.458. The molecular formula is C24H30N6O4. The molecule has 2 aliphatic heterocycles. The van der Waals surface area contributed by atoms with E-state index in [9.17, 15) is 19.7 Å². The molecule has 2 fully saturated rings. The molecular weight excluding hydrogens is 436 g/mol. The fourth-order valence-electron chi connectivity index (χ4n) is 4.63. The number of likely N-dealkylation sites (tertiary alicyclic amines) is 1. The minimum Gasteiger partial charge on any atom is -0.362 e. The number of anilines is 2. The summed E-state index contributed by atoms with van der Waals surface area (Å²) in [5.74, 6) is 0.339. The molecule has 180 valence electrons. The van der Waals surface area contributed by atoms with Crippen molar-refractivity contribution < 1.29 is 14.5 Å². The Morgan fingerprint density at radius 3 is 2.59 bits per heavy atom. The fourth-order valence-corrected chi connectivity index (χ4v) is 4.63. The second-order valence-corrected chi connectivity index (χ2v) is 8.84. The third kappa shape index (κ3) is 5.69. The van der Waals surface area contributed by atoms with Crippen LogP contribution in [0.2, 0.25) is 0 Å². The Balaban J connectivity index is 1.28. The molecule has 34 heavy (non-hydrogen) atoms. The summed E-state index contributed by atoms with van der Waals surface area (Å²) in [6, 6.07) is 12.2. The van der Waals surface area contributed by atoms with Gasteiger partial charge in [-0.2, -0.15) is 0 Å². The molecule has 1 aromatic heterocycles. The monoisotopic (exact) mass is 466 g/mol. The van der Waals surface area contributed by atoms with Crippen LogP contribution in [0.15, 0.2) is 42.5 Å². The minimum absolute atomic E-state index is 0.0311. The predicted octanol–water partition coefficient (Wildman–Crippen LogP) is 2.30. The Kier molecular flexibility index (Phi) is 7.36. The van der Waals surface area contributed by atoms with Crippen molar-refractivity contribution in [2.75, 3.05) is 56.0 Å². The summed E-state index contributed by atoms with van der Waals surface area (Å²) in [6.45, 7) is 5.61. The van der Waals surface area contributed by atoms with Crippen molar-refractivity contribution in [2.45, 2.75) is 19.8 Å². The van der Waals surface area contributed by atoms with Crippen molar-refractivity contribution in [1.29, 1.82) is 0 Å². The number of nitrogens with one attached hydrogen (secondary N) is 1. The molecule has 1 unspecified atom stereocenters. The Morgan fingerprint density at radius 1 is 1.09 bits per heavy atom. The minimum atomic E-state index is -0.370. The van der Waals surface area contributed by atoms with Gasteiger partial charge in [0.1, 0.15) is 11.5 Å². The maximum Gasteiger partial charge on any atom is 0.292 e. The first kappa shape index (κ1) is 23.6. The smallest absolute Gasteiger partial charge is 0.292 e. The predicted molar refractivity (Wildman–Crippen MR) is 129 cm³/mol. The van der Waals surface area contributed by atoms with E-state index in [2.05, 4.69) is 10.3 Å². The second kappa shape index (κ2) is 10.6. The largest absolute Gasteiger partial charge is 0.362 e. The van der Waals surface area contributed by atoms with E-state index in [1.807, 2.05) is 33.8 Å². The van der Waals surface area contributed by atoms with Gasteiger partial charge in [0.05, 0.1) is 17.4 Å². The SMILES string of the molecule is Cc1cccc(NC(=O)C2CCCN(CC(=O)N3CCN(c4ccccc4[N+](=O)[O-])CC3)C2)n1. The van der Waals surface area contributed by atoms with E-state index < -0.39 is 0 Å². The summed E-state index contributed by atoms with van der Waals surface area (Å²) >= 11 is 0. The number of hydrogen-bond donors (Lipinski definition) is 1. The zero-order valence-corrected chi connectivity index (χ0v) is 19.4. The molecule has 10 nitrogen and oxygen atoms in total. The lowest BCUT2D eigenvalue weighted by Crippen LogP contribution is -2.52. The number of carbonyl (C=O) groups is 2. The first-order chi connectivity index (χ1) is 16.4. The van der Waals surface area contributed by atoms with Crippen molar-refractivity contribution >= 4 is 29.0 Å². The number of nitrogens with zero attached hydrogens (tertiary/aromatic N) is 5. The quantitative estimate of drug-likeness (QED) is 0.513. The van der Waals surface area contributed by atoms with Crippen LogP contribution in [-0.4, -0.2) is 77.3 Å². The molecule has 0 aliphatic carbocycles. The molecule has 2 aliphatic rings. The van der Waals surface area contributed by atoms with Gasteiger partial charge in [0.15, 0.2) is 0 Å². The van der Waals surface area contributed by atoms with Crippen molar-refractivity contribution in [3.63, 3.8) is 0 Å². The molecule has 0 spiro atoms. The van der Waals surface area contributed by atoms with Crippen LogP contribution in [0, 0.1) is 23.0 Å². The highest BCUT2D eigenvalue weighted by atomic mass is 16.6. The molecule has 1 atom stereocenters. The topological polar surface area (TPSA) is 112 Å². The van der Waals surface area contributed by atoms with Gasteiger partial charge in [-0.3, -0.25) is 24.6 Å². The van der Waals surface area contributed by atoms with Crippen molar-refractivity contribution in [2.24, 2.45) is 5.92 Å². The van der Waals surface area contributed by atoms with Gasteiger partial charge in [0, 0.05) is 44.5 Å². The van der Waals surface area contributed by atoms with E-state index in [4.69, 9.17) is 0 Å². The number of aryl methyl sites for hydroxylation is 1. The Morgan fingerprint density at radius 2 is 1.85 bits per heavy atom. The first-order valence-corrected chi connectivity index (χ1v) is 11.6. The molecule has 0 radical (unpaired) electrons. The lowest BCUT2D eigenvalue weighted by molar-refractivity contribution is -0.384. The highest BCUT2D eigenvalue weighted by molar-refractivity contribution is 5.92. The van der Waals surface area contributed by atoms with Crippen molar-refractivity contribution in [3.05, 3.63) is 58.3 Å². The number of nitro groups is 1. The molecule has 2 amide bonds. The van der Waals surface area contributed by atoms with Crippen LogP contribution < -0.4 is 10.2 Å². The number of rotatable bonds is 6. The molecule has 0 saturated carbocycles. The Bertz CT molecular complexity index is 1050. The van der Waals surface area contributed by atoms with Gasteiger partial charge in [0.2, 0.25) is 11.8 Å². The van der Waals surface area contributed by atoms with Gasteiger partial charge in [-0.05, 0) is 44.5 Å². The van der Waals surface area contributed by atoms with Crippen molar-refractivity contribution in [3.8, 4) is 0 Å². The molecule has 2 aromatic rings. The van der Waals surface area contributed by atoms with Crippen LogP contribution in [0.1, 0.15) is 18.5 Å². The van der Waals surface area contributed by atoms with Crippen LogP contribution in [0.5, 0.6) is 0 Å². The van der Waals surface area contributed by atoms with E-state index >= 15 is 0 Å². The number of piperazine rings is 1. The number of aromatic nitrogens is 1. The first-order valence-electron chi connectivity index (χ1n) is 11.6. The molecule has 10 heteroatoms. The summed E-state index contributed by atoms with van der Waals surface area (Å²) in [6.07, 6.45) is 1.65. The molecule has 4 rings (SSSR count). The van der Waals surface area contributed by atoms with E-state index in [-0.39, 0.29) is 34.9 Å². The third-order valence-corrected chi connectivity index (χ3v) is 6.43. The van der Waals surface area contributed by atoms with Crippen LogP contribution in [0.3, 0.4) is 0 Å². The summed E-state index contributed by atoms with van der Waals surface area (Å²) in [7, 11) is 0. The van der Waals surface area contributed by atoms with E-state index in [1.165, 1.54) is 6.07 Å². The zero-order chi connectivity index (χ0) is 24.1. The van der Waals surface area contributed by atoms with E-state index in [0.717, 1.165) is 25.1 Å². The van der Waals surface area contributed by atoms with Crippen molar-refractivity contribution in [1.82, 2.24) is 14.8 Å². The molecule has 1 N–H and O–H groups in total. The number of hydrogen-bond acceptors (Lipinski definition) is 7. The van der Waals surface area contributed by atoms with Gasteiger partial charge < -0.3 is 15.1 Å². The third-order valence-electron chi connectivity index (χ3n) is 6.43. The van der Waals surface area contributed by atoms with Gasteiger partial charge in [0.25, 0.3) is 5.69 Å². The second-order valence-electron chi connectivity index (χ2n) is 8.84. The molecule has 2 saturated heterocycles. The number of para-hydroxylation sites is 2. The molecule has 3 heterocycles. The summed E-state index contributed by atoms with van der Waals surface area (Å²) in [4.78, 5) is 46.8. The number of piperidine rings is 1. The van der Waals surface area contributed by atoms with Crippen LogP contribution in [0.4, 0.5) is 17.2 Å². The Labute approximate surface area is 198 Å². The number of nitro benzene ring substituents is 1. The zero-order valence-electron chi connectivity index (χ0n) is 19.4. The molecule has 0 bridgehead atoms. The van der Waals surface area contributed by atoms with Crippen LogP contribution >= 0.6 is 0 Å². The lowest BCUT2D eigenvalue weighted by atomic mass is 9.97.